The molecule has 0 radical (unpaired) electrons. The van der Waals surface area contributed by atoms with Crippen LogP contribution in [-0.4, -0.2) is 18.8 Å². The van der Waals surface area contributed by atoms with Crippen molar-refractivity contribution in [1.82, 2.24) is 5.32 Å². The van der Waals surface area contributed by atoms with Crippen molar-refractivity contribution < 1.29 is 14.3 Å². The molecule has 0 bridgehead atoms. The summed E-state index contributed by atoms with van der Waals surface area (Å²) in [6.45, 7) is 1.67. The third-order valence-electron chi connectivity index (χ3n) is 4.16. The van der Waals surface area contributed by atoms with Crippen LogP contribution >= 0.6 is 11.6 Å². The summed E-state index contributed by atoms with van der Waals surface area (Å²) in [5.74, 6) is 0.0988. The number of rotatable bonds is 6. The first-order chi connectivity index (χ1) is 12.6. The molecule has 0 spiro atoms. The molecule has 3 aromatic carbocycles. The topological polar surface area (TPSA) is 55.4 Å². The van der Waals surface area contributed by atoms with Crippen molar-refractivity contribution in [2.24, 2.45) is 0 Å². The van der Waals surface area contributed by atoms with Crippen molar-refractivity contribution in [3.05, 3.63) is 76.8 Å². The number of aldehydes is 1. The average molecular weight is 368 g/mol. The van der Waals surface area contributed by atoms with Crippen molar-refractivity contribution >= 4 is 34.6 Å². The molecule has 0 saturated carbocycles. The Kier molecular flexibility index (Phi) is 5.54. The second-order valence-electron chi connectivity index (χ2n) is 5.92. The molecule has 0 fully saturated rings. The molecule has 0 aliphatic rings. The van der Waals surface area contributed by atoms with E-state index in [0.717, 1.165) is 22.6 Å². The summed E-state index contributed by atoms with van der Waals surface area (Å²) in [5.41, 5.74) is 1.27. The highest BCUT2D eigenvalue weighted by Gasteiger charge is 2.14. The van der Waals surface area contributed by atoms with Crippen molar-refractivity contribution in [2.75, 3.05) is 6.61 Å². The summed E-state index contributed by atoms with van der Waals surface area (Å²) in [5, 5.41) is 5.18. The standard InChI is InChI=1S/C21H18ClNO3/c1-14(16-7-4-5-9-19(16)22)23-21(25)13-26-20-11-10-15-6-2-3-8-17(15)18(20)12-24/h2-12,14H,13H2,1H3,(H,23,25). The van der Waals surface area contributed by atoms with Crippen LogP contribution in [-0.2, 0) is 4.79 Å². The van der Waals surface area contributed by atoms with Gasteiger partial charge in [0.2, 0.25) is 0 Å². The monoisotopic (exact) mass is 367 g/mol. The van der Waals surface area contributed by atoms with Gasteiger partial charge in [0, 0.05) is 5.02 Å². The molecular formula is C21H18ClNO3. The first kappa shape index (κ1) is 18.0. The van der Waals surface area contributed by atoms with E-state index in [9.17, 15) is 9.59 Å². The van der Waals surface area contributed by atoms with E-state index in [1.807, 2.05) is 55.5 Å². The van der Waals surface area contributed by atoms with Gasteiger partial charge < -0.3 is 10.1 Å². The zero-order valence-electron chi connectivity index (χ0n) is 14.2. The van der Waals surface area contributed by atoms with Crippen LogP contribution in [0.4, 0.5) is 0 Å². The first-order valence-corrected chi connectivity index (χ1v) is 8.61. The molecule has 4 nitrogen and oxygen atoms in total. The molecule has 0 aliphatic heterocycles. The Bertz CT molecular complexity index is 955. The Morgan fingerprint density at radius 1 is 1.12 bits per heavy atom. The fraction of sp³-hybridized carbons (Fsp3) is 0.143. The smallest absolute Gasteiger partial charge is 0.258 e. The molecule has 1 atom stereocenters. The SMILES string of the molecule is CC(NC(=O)COc1ccc2ccccc2c1C=O)c1ccccc1Cl. The van der Waals surface area contributed by atoms with Gasteiger partial charge in [0.15, 0.2) is 12.9 Å². The number of amides is 1. The van der Waals surface area contributed by atoms with Gasteiger partial charge in [-0.2, -0.15) is 0 Å². The Hall–Kier alpha value is -2.85. The van der Waals surface area contributed by atoms with Gasteiger partial charge in [-0.3, -0.25) is 9.59 Å². The number of carbonyl (C=O) groups excluding carboxylic acids is 2. The highest BCUT2D eigenvalue weighted by Crippen LogP contribution is 2.27. The normalized spacial score (nSPS) is 11.8. The minimum atomic E-state index is -0.289. The maximum absolute atomic E-state index is 12.2. The number of halogens is 1. The van der Waals surface area contributed by atoms with Crippen LogP contribution in [0.15, 0.2) is 60.7 Å². The van der Waals surface area contributed by atoms with Crippen molar-refractivity contribution in [1.29, 1.82) is 0 Å². The van der Waals surface area contributed by atoms with Gasteiger partial charge in [-0.05, 0) is 35.4 Å². The maximum Gasteiger partial charge on any atom is 0.258 e. The van der Waals surface area contributed by atoms with Crippen LogP contribution in [0.1, 0.15) is 28.9 Å². The maximum atomic E-state index is 12.2. The van der Waals surface area contributed by atoms with Gasteiger partial charge in [-0.15, -0.1) is 0 Å². The van der Waals surface area contributed by atoms with E-state index in [1.165, 1.54) is 0 Å². The molecule has 0 aliphatic carbocycles. The van der Waals surface area contributed by atoms with Gasteiger partial charge in [-0.1, -0.05) is 60.1 Å². The number of nitrogens with one attached hydrogen (secondary N) is 1. The van der Waals surface area contributed by atoms with Gasteiger partial charge in [0.05, 0.1) is 11.6 Å². The van der Waals surface area contributed by atoms with E-state index in [-0.39, 0.29) is 18.6 Å². The number of fused-ring (bicyclic) bond motifs is 1. The predicted octanol–water partition coefficient (Wildman–Crippen LogP) is 4.56. The summed E-state index contributed by atoms with van der Waals surface area (Å²) in [6.07, 6.45) is 0.752. The lowest BCUT2D eigenvalue weighted by atomic mass is 10.0. The molecule has 3 aromatic rings. The highest BCUT2D eigenvalue weighted by molar-refractivity contribution is 6.31. The van der Waals surface area contributed by atoms with E-state index in [2.05, 4.69) is 5.32 Å². The van der Waals surface area contributed by atoms with Gasteiger partial charge >= 0.3 is 0 Å². The number of benzene rings is 3. The van der Waals surface area contributed by atoms with Crippen LogP contribution in [0.5, 0.6) is 5.75 Å². The van der Waals surface area contributed by atoms with E-state index >= 15 is 0 Å². The van der Waals surface area contributed by atoms with Crippen LogP contribution in [0.3, 0.4) is 0 Å². The fourth-order valence-corrected chi connectivity index (χ4v) is 3.15. The molecule has 1 unspecified atom stereocenters. The van der Waals surface area contributed by atoms with E-state index < -0.39 is 0 Å². The van der Waals surface area contributed by atoms with Crippen molar-refractivity contribution in [3.8, 4) is 5.75 Å². The van der Waals surface area contributed by atoms with Crippen LogP contribution in [0.2, 0.25) is 5.02 Å². The van der Waals surface area contributed by atoms with Crippen molar-refractivity contribution in [3.63, 3.8) is 0 Å². The molecular weight excluding hydrogens is 350 g/mol. The molecule has 0 aromatic heterocycles. The Labute approximate surface area is 156 Å². The van der Waals surface area contributed by atoms with Crippen molar-refractivity contribution in [2.45, 2.75) is 13.0 Å². The van der Waals surface area contributed by atoms with Gasteiger partial charge in [-0.25, -0.2) is 0 Å². The van der Waals surface area contributed by atoms with Gasteiger partial charge in [0.1, 0.15) is 5.75 Å². The van der Waals surface area contributed by atoms with Crippen LogP contribution in [0, 0.1) is 0 Å². The second kappa shape index (κ2) is 8.02. The molecule has 0 saturated heterocycles. The minimum Gasteiger partial charge on any atom is -0.483 e. The molecule has 0 heterocycles. The number of hydrogen-bond donors (Lipinski definition) is 1. The van der Waals surface area contributed by atoms with Gasteiger partial charge in [0.25, 0.3) is 5.91 Å². The van der Waals surface area contributed by atoms with Crippen LogP contribution < -0.4 is 10.1 Å². The van der Waals surface area contributed by atoms with E-state index in [1.54, 1.807) is 12.1 Å². The third kappa shape index (κ3) is 3.86. The fourth-order valence-electron chi connectivity index (χ4n) is 2.85. The molecule has 1 N–H and O–H groups in total. The molecule has 3 rings (SSSR count). The second-order valence-corrected chi connectivity index (χ2v) is 6.32. The summed E-state index contributed by atoms with van der Waals surface area (Å²) in [6, 6.07) is 18.2. The zero-order chi connectivity index (χ0) is 18.5. The largest absolute Gasteiger partial charge is 0.483 e. The van der Waals surface area contributed by atoms with E-state index in [0.29, 0.717) is 16.3 Å². The summed E-state index contributed by atoms with van der Waals surface area (Å²) >= 11 is 6.15. The number of ether oxygens (including phenoxy) is 1. The molecule has 132 valence electrons. The highest BCUT2D eigenvalue weighted by atomic mass is 35.5. The third-order valence-corrected chi connectivity index (χ3v) is 4.50. The Morgan fingerprint density at radius 2 is 1.85 bits per heavy atom. The predicted molar refractivity (Wildman–Crippen MR) is 103 cm³/mol. The zero-order valence-corrected chi connectivity index (χ0v) is 15.0. The quantitative estimate of drug-likeness (QED) is 0.650. The molecule has 1 amide bonds. The lowest BCUT2D eigenvalue weighted by Gasteiger charge is -2.16. The molecule has 26 heavy (non-hydrogen) atoms. The lowest BCUT2D eigenvalue weighted by Crippen LogP contribution is -2.31. The number of hydrogen-bond acceptors (Lipinski definition) is 3. The van der Waals surface area contributed by atoms with Crippen LogP contribution in [0.25, 0.3) is 10.8 Å². The summed E-state index contributed by atoms with van der Waals surface area (Å²) in [7, 11) is 0. The Morgan fingerprint density at radius 3 is 2.62 bits per heavy atom. The molecule has 5 heteroatoms. The minimum absolute atomic E-state index is 0.187. The average Bonchev–Trinajstić information content (AvgIpc) is 2.66. The lowest BCUT2D eigenvalue weighted by molar-refractivity contribution is -0.123. The summed E-state index contributed by atoms with van der Waals surface area (Å²) in [4.78, 5) is 23.7. The number of carbonyl (C=O) groups is 2. The Balaban J connectivity index is 1.69. The summed E-state index contributed by atoms with van der Waals surface area (Å²) < 4.78 is 5.59. The van der Waals surface area contributed by atoms with E-state index in [4.69, 9.17) is 16.3 Å². The first-order valence-electron chi connectivity index (χ1n) is 8.23.